The minimum Gasteiger partial charge on any atom is -0.481 e. The van der Waals surface area contributed by atoms with Crippen LogP contribution in [0.4, 0.5) is 0 Å². The molecule has 0 saturated carbocycles. The number of hydrogen-bond acceptors (Lipinski definition) is 8. The number of nitrogens with two attached hydrogens (primary N) is 1. The van der Waals surface area contributed by atoms with Crippen LogP contribution in [0.3, 0.4) is 0 Å². The fourth-order valence-corrected chi connectivity index (χ4v) is 3.10. The number of carboxylic acid groups (broad SMARTS) is 2. The molecular weight excluding hydrogens is 448 g/mol. The molecule has 13 heteroatoms. The summed E-state index contributed by atoms with van der Waals surface area (Å²) in [5.74, 6) is -4.66. The maximum atomic E-state index is 12.8. The zero-order valence-corrected chi connectivity index (χ0v) is 19.5. The van der Waals surface area contributed by atoms with Gasteiger partial charge in [0, 0.05) is 5.75 Å². The second-order valence-corrected chi connectivity index (χ2v) is 8.35. The van der Waals surface area contributed by atoms with Crippen molar-refractivity contribution in [1.29, 1.82) is 0 Å². The zero-order chi connectivity index (χ0) is 24.1. The number of carbonyl (C=O) groups excluding carboxylic acids is 3. The molecule has 0 fully saturated rings. The number of rotatable bonds is 15. The maximum Gasteiger partial charge on any atom is 0.326 e. The number of thiol groups is 1. The molecule has 0 aromatic rings. The Kier molecular flexibility index (Phi) is 14.0. The van der Waals surface area contributed by atoms with Gasteiger partial charge in [0.05, 0.1) is 12.5 Å². The lowest BCUT2D eigenvalue weighted by molar-refractivity contribution is -0.147. The van der Waals surface area contributed by atoms with Crippen molar-refractivity contribution in [2.24, 2.45) is 11.7 Å². The quantitative estimate of drug-likeness (QED) is 0.145. The van der Waals surface area contributed by atoms with Gasteiger partial charge in [-0.1, -0.05) is 20.3 Å². The number of hydrogen-bond donors (Lipinski definition) is 7. The number of thioether (sulfide) groups is 1. The van der Waals surface area contributed by atoms with Crippen LogP contribution in [0.15, 0.2) is 0 Å². The van der Waals surface area contributed by atoms with E-state index in [-0.39, 0.29) is 18.1 Å². The molecule has 0 aromatic heterocycles. The molecule has 0 radical (unpaired) electrons. The smallest absolute Gasteiger partial charge is 0.326 e. The lowest BCUT2D eigenvalue weighted by Crippen LogP contribution is -2.59. The van der Waals surface area contributed by atoms with Gasteiger partial charge in [0.2, 0.25) is 17.7 Å². The summed E-state index contributed by atoms with van der Waals surface area (Å²) in [7, 11) is 0. The van der Waals surface area contributed by atoms with E-state index in [1.807, 2.05) is 6.26 Å². The molecule has 11 nitrogen and oxygen atoms in total. The van der Waals surface area contributed by atoms with Crippen LogP contribution in [0.25, 0.3) is 0 Å². The Hall–Kier alpha value is -1.99. The summed E-state index contributed by atoms with van der Waals surface area (Å²) in [4.78, 5) is 59.8. The Morgan fingerprint density at radius 2 is 1.58 bits per heavy atom. The lowest BCUT2D eigenvalue weighted by atomic mass is 9.97. The molecule has 0 aliphatic rings. The first-order valence-electron chi connectivity index (χ1n) is 9.69. The number of aliphatic carboxylic acids is 2. The maximum absolute atomic E-state index is 12.8. The summed E-state index contributed by atoms with van der Waals surface area (Å²) in [6.07, 6.45) is 1.78. The standard InChI is InChI=1S/C18H32N4O7S2/c1-4-9(2)14(17(27)21-12(18(28)29)7-13(23)24)22-16(26)11(5-6-31-3)20-15(25)10(19)8-30/h9-12,14,30H,4-8,19H2,1-3H3,(H,20,25)(H,21,27)(H,22,26)(H,23,24)(H,28,29). The molecule has 31 heavy (non-hydrogen) atoms. The summed E-state index contributed by atoms with van der Waals surface area (Å²) >= 11 is 5.42. The normalized spacial score (nSPS) is 15.6. The van der Waals surface area contributed by atoms with E-state index >= 15 is 0 Å². The van der Waals surface area contributed by atoms with Crippen molar-refractivity contribution in [2.75, 3.05) is 17.8 Å². The van der Waals surface area contributed by atoms with Gasteiger partial charge in [-0.25, -0.2) is 4.79 Å². The fraction of sp³-hybridized carbons (Fsp3) is 0.722. The number of amides is 3. The van der Waals surface area contributed by atoms with E-state index in [1.54, 1.807) is 13.8 Å². The molecular formula is C18H32N4O7S2. The van der Waals surface area contributed by atoms with E-state index in [0.717, 1.165) is 0 Å². The molecule has 0 aromatic carbocycles. The molecule has 3 amide bonds. The highest BCUT2D eigenvalue weighted by Gasteiger charge is 2.33. The third kappa shape index (κ3) is 10.7. The van der Waals surface area contributed by atoms with Crippen LogP contribution < -0.4 is 21.7 Å². The van der Waals surface area contributed by atoms with E-state index in [0.29, 0.717) is 12.2 Å². The van der Waals surface area contributed by atoms with Gasteiger partial charge >= 0.3 is 11.9 Å². The molecule has 7 N–H and O–H groups in total. The molecule has 5 unspecified atom stereocenters. The van der Waals surface area contributed by atoms with Gasteiger partial charge in [-0.2, -0.15) is 24.4 Å². The largest absolute Gasteiger partial charge is 0.481 e. The molecule has 0 rings (SSSR count). The van der Waals surface area contributed by atoms with Crippen molar-refractivity contribution in [2.45, 2.75) is 57.3 Å². The highest BCUT2D eigenvalue weighted by atomic mass is 32.2. The minimum absolute atomic E-state index is 0.0841. The minimum atomic E-state index is -1.64. The van der Waals surface area contributed by atoms with Crippen LogP contribution >= 0.6 is 24.4 Å². The summed E-state index contributed by atoms with van der Waals surface area (Å²) in [5, 5.41) is 25.3. The van der Waals surface area contributed by atoms with E-state index in [4.69, 9.17) is 15.9 Å². The second-order valence-electron chi connectivity index (χ2n) is 7.00. The molecule has 5 atom stereocenters. The predicted octanol–water partition coefficient (Wildman–Crippen LogP) is -0.944. The van der Waals surface area contributed by atoms with Crippen LogP contribution in [-0.2, 0) is 24.0 Å². The highest BCUT2D eigenvalue weighted by Crippen LogP contribution is 2.11. The van der Waals surface area contributed by atoms with Gasteiger partial charge in [0.25, 0.3) is 0 Å². The van der Waals surface area contributed by atoms with E-state index in [9.17, 15) is 24.0 Å². The van der Waals surface area contributed by atoms with Crippen LogP contribution in [0.1, 0.15) is 33.1 Å². The van der Waals surface area contributed by atoms with Crippen molar-refractivity contribution in [3.8, 4) is 0 Å². The second kappa shape index (κ2) is 14.9. The number of carboxylic acids is 2. The molecule has 0 heterocycles. The predicted molar refractivity (Wildman–Crippen MR) is 120 cm³/mol. The first-order valence-corrected chi connectivity index (χ1v) is 11.7. The first-order chi connectivity index (χ1) is 14.5. The van der Waals surface area contributed by atoms with E-state index in [1.165, 1.54) is 11.8 Å². The lowest BCUT2D eigenvalue weighted by Gasteiger charge is -2.27. The van der Waals surface area contributed by atoms with Crippen molar-refractivity contribution >= 4 is 54.1 Å². The monoisotopic (exact) mass is 480 g/mol. The summed E-state index contributed by atoms with van der Waals surface area (Å²) in [6, 6.07) is -4.64. The first kappa shape index (κ1) is 29.0. The molecule has 0 saturated heterocycles. The molecule has 0 aliphatic carbocycles. The van der Waals surface area contributed by atoms with Gasteiger partial charge in [-0.3, -0.25) is 19.2 Å². The Bertz CT molecular complexity index is 650. The Labute approximate surface area is 191 Å². The van der Waals surface area contributed by atoms with Gasteiger partial charge in [0.1, 0.15) is 18.1 Å². The Balaban J connectivity index is 5.49. The van der Waals surface area contributed by atoms with Crippen LogP contribution in [0.5, 0.6) is 0 Å². The molecule has 0 bridgehead atoms. The number of carbonyl (C=O) groups is 5. The Morgan fingerprint density at radius 1 is 1.00 bits per heavy atom. The third-order valence-electron chi connectivity index (χ3n) is 4.56. The zero-order valence-electron chi connectivity index (χ0n) is 17.8. The van der Waals surface area contributed by atoms with Crippen molar-refractivity contribution in [3.05, 3.63) is 0 Å². The Morgan fingerprint density at radius 3 is 2.03 bits per heavy atom. The van der Waals surface area contributed by atoms with Gasteiger partial charge in [-0.05, 0) is 24.3 Å². The number of nitrogens with one attached hydrogen (secondary N) is 3. The summed E-state index contributed by atoms with van der Waals surface area (Å²) in [5.41, 5.74) is 5.64. The van der Waals surface area contributed by atoms with Crippen LogP contribution in [0, 0.1) is 5.92 Å². The summed E-state index contributed by atoms with van der Waals surface area (Å²) < 4.78 is 0. The highest BCUT2D eigenvalue weighted by molar-refractivity contribution is 7.98. The fourth-order valence-electron chi connectivity index (χ4n) is 2.46. The van der Waals surface area contributed by atoms with Crippen molar-refractivity contribution in [1.82, 2.24) is 16.0 Å². The van der Waals surface area contributed by atoms with Crippen LogP contribution in [-0.4, -0.2) is 81.8 Å². The van der Waals surface area contributed by atoms with Crippen LogP contribution in [0.2, 0.25) is 0 Å². The average Bonchev–Trinajstić information content (AvgIpc) is 2.72. The topological polar surface area (TPSA) is 188 Å². The summed E-state index contributed by atoms with van der Waals surface area (Å²) in [6.45, 7) is 3.46. The van der Waals surface area contributed by atoms with Crippen molar-refractivity contribution < 1.29 is 34.2 Å². The average molecular weight is 481 g/mol. The van der Waals surface area contributed by atoms with Gasteiger partial charge in [0.15, 0.2) is 0 Å². The molecule has 0 aliphatic heterocycles. The van der Waals surface area contributed by atoms with E-state index < -0.39 is 60.2 Å². The molecule has 178 valence electrons. The SMILES string of the molecule is CCC(C)C(NC(=O)C(CCSC)NC(=O)C(N)CS)C(=O)NC(CC(=O)O)C(=O)O. The van der Waals surface area contributed by atoms with E-state index in [2.05, 4.69) is 28.6 Å². The van der Waals surface area contributed by atoms with Gasteiger partial charge in [-0.15, -0.1) is 0 Å². The third-order valence-corrected chi connectivity index (χ3v) is 5.60. The molecule has 0 spiro atoms. The van der Waals surface area contributed by atoms with Crippen molar-refractivity contribution in [3.63, 3.8) is 0 Å². The van der Waals surface area contributed by atoms with Gasteiger partial charge < -0.3 is 31.9 Å².